The van der Waals surface area contributed by atoms with E-state index in [1.165, 1.54) is 24.3 Å². The van der Waals surface area contributed by atoms with Crippen LogP contribution in [0.3, 0.4) is 0 Å². The first-order chi connectivity index (χ1) is 16.0. The Bertz CT molecular complexity index is 1150. The second-order valence-electron chi connectivity index (χ2n) is 8.35. The number of rotatable bonds is 5. The van der Waals surface area contributed by atoms with Gasteiger partial charge in [-0.15, -0.1) is 0 Å². The number of morpholine rings is 1. The van der Waals surface area contributed by atoms with E-state index in [2.05, 4.69) is 0 Å². The molecule has 184 valence electrons. The van der Waals surface area contributed by atoms with E-state index in [1.807, 2.05) is 4.90 Å². The monoisotopic (exact) mass is 498 g/mol. The maximum absolute atomic E-state index is 13.4. The van der Waals surface area contributed by atoms with Gasteiger partial charge in [0.2, 0.25) is 0 Å². The Morgan fingerprint density at radius 2 is 1.74 bits per heavy atom. The number of hydrogen-bond donors (Lipinski definition) is 0. The van der Waals surface area contributed by atoms with Crippen LogP contribution in [0.15, 0.2) is 47.4 Å². The Balaban J connectivity index is 1.51. The molecule has 2 fully saturated rings. The van der Waals surface area contributed by atoms with E-state index in [0.717, 1.165) is 18.4 Å². The second-order valence-corrected chi connectivity index (χ2v) is 10.4. The van der Waals surface area contributed by atoms with Crippen LogP contribution < -0.4 is 9.64 Å². The van der Waals surface area contributed by atoms with E-state index < -0.39 is 21.6 Å². The van der Waals surface area contributed by atoms with Crippen molar-refractivity contribution >= 4 is 21.4 Å². The zero-order valence-corrected chi connectivity index (χ0v) is 19.4. The number of sulfone groups is 1. The van der Waals surface area contributed by atoms with E-state index in [1.54, 1.807) is 11.0 Å². The summed E-state index contributed by atoms with van der Waals surface area (Å²) in [6, 6.07) is 9.00. The average Bonchev–Trinajstić information content (AvgIpc) is 3.26. The summed E-state index contributed by atoms with van der Waals surface area (Å²) in [5.74, 6) is -0.0223. The molecule has 7 nitrogen and oxygen atoms in total. The highest BCUT2D eigenvalue weighted by Crippen LogP contribution is 2.31. The van der Waals surface area contributed by atoms with Gasteiger partial charge in [-0.05, 0) is 42.5 Å². The predicted octanol–water partition coefficient (Wildman–Crippen LogP) is 3.24. The number of halogens is 3. The van der Waals surface area contributed by atoms with E-state index in [-0.39, 0.29) is 23.5 Å². The van der Waals surface area contributed by atoms with Crippen molar-refractivity contribution in [3.63, 3.8) is 0 Å². The Kier molecular flexibility index (Phi) is 6.77. The number of carbonyl (C=O) groups is 1. The van der Waals surface area contributed by atoms with Gasteiger partial charge in [0.1, 0.15) is 11.9 Å². The largest absolute Gasteiger partial charge is 0.489 e. The molecule has 2 aromatic carbocycles. The smallest absolute Gasteiger partial charge is 0.416 e. The number of carbonyl (C=O) groups excluding carboxylic acids is 1. The fourth-order valence-electron chi connectivity index (χ4n) is 4.09. The van der Waals surface area contributed by atoms with Gasteiger partial charge in [-0.1, -0.05) is 0 Å². The van der Waals surface area contributed by atoms with E-state index in [4.69, 9.17) is 9.47 Å². The summed E-state index contributed by atoms with van der Waals surface area (Å²) in [7, 11) is -3.51. The standard InChI is InChI=1S/C23H25F3N2O5S/c1-34(30,31)19-6-7-21(27-10-12-32-13-11-27)20(14-19)22(29)28-9-8-18(15-28)33-17-4-2-16(3-5-17)23(24,25)26/h2-7,14,18H,8-13,15H2,1H3. The van der Waals surface area contributed by atoms with Crippen LogP contribution in [-0.4, -0.2) is 71.0 Å². The molecule has 0 aromatic heterocycles. The number of anilines is 1. The zero-order chi connectivity index (χ0) is 24.5. The highest BCUT2D eigenvalue weighted by Gasteiger charge is 2.32. The summed E-state index contributed by atoms with van der Waals surface area (Å²) in [5.41, 5.74) is 0.178. The van der Waals surface area contributed by atoms with Crippen molar-refractivity contribution in [2.45, 2.75) is 23.6 Å². The number of hydrogen-bond acceptors (Lipinski definition) is 6. The van der Waals surface area contributed by atoms with Gasteiger partial charge in [0.15, 0.2) is 9.84 Å². The van der Waals surface area contributed by atoms with Crippen LogP contribution >= 0.6 is 0 Å². The topological polar surface area (TPSA) is 76.2 Å². The molecule has 2 aliphatic rings. The summed E-state index contributed by atoms with van der Waals surface area (Å²) >= 11 is 0. The minimum Gasteiger partial charge on any atom is -0.489 e. The van der Waals surface area contributed by atoms with Crippen molar-refractivity contribution in [1.29, 1.82) is 0 Å². The lowest BCUT2D eigenvalue weighted by molar-refractivity contribution is -0.137. The lowest BCUT2D eigenvalue weighted by atomic mass is 10.1. The lowest BCUT2D eigenvalue weighted by Crippen LogP contribution is -2.38. The maximum Gasteiger partial charge on any atom is 0.416 e. The first-order valence-electron chi connectivity index (χ1n) is 10.8. The van der Waals surface area contributed by atoms with E-state index in [9.17, 15) is 26.4 Å². The fourth-order valence-corrected chi connectivity index (χ4v) is 4.74. The van der Waals surface area contributed by atoms with Gasteiger partial charge in [-0.25, -0.2) is 8.42 Å². The number of nitrogens with zero attached hydrogens (tertiary/aromatic N) is 2. The van der Waals surface area contributed by atoms with Gasteiger partial charge >= 0.3 is 6.18 Å². The average molecular weight is 499 g/mol. The Morgan fingerprint density at radius 1 is 1.06 bits per heavy atom. The van der Waals surface area contributed by atoms with Crippen molar-refractivity contribution in [2.75, 3.05) is 50.5 Å². The molecular weight excluding hydrogens is 473 g/mol. The molecule has 0 N–H and O–H groups in total. The number of alkyl halides is 3. The molecule has 34 heavy (non-hydrogen) atoms. The number of ether oxygens (including phenoxy) is 2. The molecule has 1 atom stereocenters. The van der Waals surface area contributed by atoms with Gasteiger partial charge in [0, 0.05) is 38.0 Å². The second kappa shape index (κ2) is 9.46. The SMILES string of the molecule is CS(=O)(=O)c1ccc(N2CCOCC2)c(C(=O)N2CCC(Oc3ccc(C(F)(F)F)cc3)C2)c1. The quantitative estimate of drug-likeness (QED) is 0.630. The molecule has 2 aliphatic heterocycles. The molecule has 2 aromatic rings. The Morgan fingerprint density at radius 3 is 2.35 bits per heavy atom. The molecule has 0 radical (unpaired) electrons. The highest BCUT2D eigenvalue weighted by atomic mass is 32.2. The maximum atomic E-state index is 13.4. The van der Waals surface area contributed by atoms with Crippen LogP contribution in [-0.2, 0) is 20.8 Å². The summed E-state index contributed by atoms with van der Waals surface area (Å²) in [6.45, 7) is 2.81. The van der Waals surface area contributed by atoms with Crippen molar-refractivity contribution in [3.05, 3.63) is 53.6 Å². The minimum atomic E-state index is -4.42. The fraction of sp³-hybridized carbons (Fsp3) is 0.435. The zero-order valence-electron chi connectivity index (χ0n) is 18.5. The van der Waals surface area contributed by atoms with E-state index >= 15 is 0 Å². The molecule has 0 aliphatic carbocycles. The first-order valence-corrected chi connectivity index (χ1v) is 12.7. The van der Waals surface area contributed by atoms with Crippen LogP contribution in [0.25, 0.3) is 0 Å². The molecular formula is C23H25F3N2O5S. The number of amides is 1. The lowest BCUT2D eigenvalue weighted by Gasteiger charge is -2.31. The summed E-state index contributed by atoms with van der Waals surface area (Å²) in [6.07, 6.45) is -3.21. The molecule has 0 bridgehead atoms. The van der Waals surface area contributed by atoms with Crippen LogP contribution in [0.5, 0.6) is 5.75 Å². The minimum absolute atomic E-state index is 0.0598. The molecule has 1 amide bonds. The normalized spacial score (nSPS) is 19.4. The Hall–Kier alpha value is -2.79. The van der Waals surface area contributed by atoms with Gasteiger partial charge < -0.3 is 19.3 Å². The molecule has 4 rings (SSSR count). The van der Waals surface area contributed by atoms with E-state index in [0.29, 0.717) is 56.3 Å². The molecule has 0 saturated carbocycles. The van der Waals surface area contributed by atoms with Crippen LogP contribution in [0.4, 0.5) is 18.9 Å². The predicted molar refractivity (Wildman–Crippen MR) is 119 cm³/mol. The van der Waals surface area contributed by atoms with Crippen molar-refractivity contribution in [2.24, 2.45) is 0 Å². The highest BCUT2D eigenvalue weighted by molar-refractivity contribution is 7.90. The van der Waals surface area contributed by atoms with Crippen molar-refractivity contribution in [1.82, 2.24) is 4.90 Å². The summed E-state index contributed by atoms with van der Waals surface area (Å²) < 4.78 is 73.7. The van der Waals surface area contributed by atoms with Crippen LogP contribution in [0.1, 0.15) is 22.3 Å². The molecule has 0 spiro atoms. The molecule has 2 heterocycles. The third-order valence-corrected chi connectivity index (χ3v) is 7.01. The summed E-state index contributed by atoms with van der Waals surface area (Å²) in [5, 5.41) is 0. The van der Waals surface area contributed by atoms with Gasteiger partial charge in [0.05, 0.1) is 35.8 Å². The van der Waals surface area contributed by atoms with Crippen LogP contribution in [0, 0.1) is 0 Å². The molecule has 11 heteroatoms. The Labute approximate surface area is 196 Å². The third-order valence-electron chi connectivity index (χ3n) is 5.89. The number of benzene rings is 2. The summed E-state index contributed by atoms with van der Waals surface area (Å²) in [4.78, 5) is 17.1. The van der Waals surface area contributed by atoms with Gasteiger partial charge in [0.25, 0.3) is 5.91 Å². The van der Waals surface area contributed by atoms with Gasteiger partial charge in [-0.2, -0.15) is 13.2 Å². The third kappa shape index (κ3) is 5.47. The molecule has 2 saturated heterocycles. The van der Waals surface area contributed by atoms with Crippen molar-refractivity contribution < 1.29 is 35.9 Å². The molecule has 1 unspecified atom stereocenters. The van der Waals surface area contributed by atoms with Gasteiger partial charge in [-0.3, -0.25) is 4.79 Å². The number of likely N-dealkylation sites (tertiary alicyclic amines) is 1. The first kappa shape index (κ1) is 24.3. The van der Waals surface area contributed by atoms with Crippen LogP contribution in [0.2, 0.25) is 0 Å². The van der Waals surface area contributed by atoms with Crippen molar-refractivity contribution in [3.8, 4) is 5.75 Å².